The lowest BCUT2D eigenvalue weighted by molar-refractivity contribution is 0.101. The van der Waals surface area contributed by atoms with Crippen LogP contribution in [0.4, 0.5) is 11.4 Å². The summed E-state index contributed by atoms with van der Waals surface area (Å²) >= 11 is 6.17. The number of halogens is 1. The standard InChI is InChI=1S/C16H16ClNO/c1-3-18(13-7-5-4-6-8-13)14-9-10-15(12(2)19)16(17)11-14/h4-11H,3H2,1-2H3. The quantitative estimate of drug-likeness (QED) is 0.753. The molecule has 0 saturated heterocycles. The molecular weight excluding hydrogens is 258 g/mol. The molecule has 0 bridgehead atoms. The Morgan fingerprint density at radius 1 is 1.11 bits per heavy atom. The molecule has 2 aromatic carbocycles. The summed E-state index contributed by atoms with van der Waals surface area (Å²) in [6.07, 6.45) is 0. The molecule has 3 heteroatoms. The Morgan fingerprint density at radius 3 is 2.32 bits per heavy atom. The number of para-hydroxylation sites is 1. The van der Waals surface area contributed by atoms with E-state index < -0.39 is 0 Å². The van der Waals surface area contributed by atoms with Crippen molar-refractivity contribution >= 4 is 28.8 Å². The Labute approximate surface area is 118 Å². The third kappa shape index (κ3) is 2.96. The number of anilines is 2. The normalized spacial score (nSPS) is 10.3. The first-order chi connectivity index (χ1) is 9.13. The summed E-state index contributed by atoms with van der Waals surface area (Å²) in [5, 5.41) is 0.499. The van der Waals surface area contributed by atoms with E-state index in [1.165, 1.54) is 6.92 Å². The SMILES string of the molecule is CCN(c1ccccc1)c1ccc(C(C)=O)c(Cl)c1. The van der Waals surface area contributed by atoms with Crippen LogP contribution in [0.5, 0.6) is 0 Å². The van der Waals surface area contributed by atoms with Gasteiger partial charge in [-0.2, -0.15) is 0 Å². The van der Waals surface area contributed by atoms with E-state index in [1.807, 2.05) is 30.3 Å². The van der Waals surface area contributed by atoms with Gasteiger partial charge in [0.2, 0.25) is 0 Å². The first-order valence-electron chi connectivity index (χ1n) is 6.26. The topological polar surface area (TPSA) is 20.3 Å². The molecule has 0 atom stereocenters. The predicted octanol–water partition coefficient (Wildman–Crippen LogP) is 4.70. The van der Waals surface area contributed by atoms with Crippen molar-refractivity contribution in [1.29, 1.82) is 0 Å². The largest absolute Gasteiger partial charge is 0.342 e. The Bertz CT molecular complexity index is 581. The summed E-state index contributed by atoms with van der Waals surface area (Å²) in [6, 6.07) is 15.7. The molecular formula is C16H16ClNO. The van der Waals surface area contributed by atoms with Gasteiger partial charge in [0.05, 0.1) is 5.02 Å². The van der Waals surface area contributed by atoms with Gasteiger partial charge >= 0.3 is 0 Å². The van der Waals surface area contributed by atoms with Gasteiger partial charge in [-0.05, 0) is 44.2 Å². The van der Waals surface area contributed by atoms with E-state index in [2.05, 4.69) is 24.0 Å². The van der Waals surface area contributed by atoms with Crippen LogP contribution < -0.4 is 4.90 Å². The summed E-state index contributed by atoms with van der Waals surface area (Å²) in [4.78, 5) is 13.5. The van der Waals surface area contributed by atoms with Crippen LogP contribution in [0.15, 0.2) is 48.5 Å². The smallest absolute Gasteiger partial charge is 0.161 e. The zero-order valence-corrected chi connectivity index (χ0v) is 11.8. The van der Waals surface area contributed by atoms with Crippen LogP contribution in [0.1, 0.15) is 24.2 Å². The summed E-state index contributed by atoms with van der Waals surface area (Å²) in [5.41, 5.74) is 2.66. The second kappa shape index (κ2) is 5.89. The van der Waals surface area contributed by atoms with Crippen LogP contribution in [0.25, 0.3) is 0 Å². The average Bonchev–Trinajstić information content (AvgIpc) is 2.40. The van der Waals surface area contributed by atoms with Gasteiger partial charge in [0.1, 0.15) is 0 Å². The monoisotopic (exact) mass is 273 g/mol. The number of hydrogen-bond donors (Lipinski definition) is 0. The molecule has 0 saturated carbocycles. The summed E-state index contributed by atoms with van der Waals surface area (Å²) in [7, 11) is 0. The van der Waals surface area contributed by atoms with E-state index in [1.54, 1.807) is 6.07 Å². The predicted molar refractivity (Wildman–Crippen MR) is 80.6 cm³/mol. The van der Waals surface area contributed by atoms with E-state index in [4.69, 9.17) is 11.6 Å². The van der Waals surface area contributed by atoms with E-state index >= 15 is 0 Å². The van der Waals surface area contributed by atoms with Gasteiger partial charge in [0, 0.05) is 23.5 Å². The summed E-state index contributed by atoms with van der Waals surface area (Å²) < 4.78 is 0. The molecule has 19 heavy (non-hydrogen) atoms. The third-order valence-corrected chi connectivity index (χ3v) is 3.34. The van der Waals surface area contributed by atoms with E-state index in [0.29, 0.717) is 10.6 Å². The first kappa shape index (κ1) is 13.6. The number of nitrogens with zero attached hydrogens (tertiary/aromatic N) is 1. The van der Waals surface area contributed by atoms with Gasteiger partial charge in [-0.25, -0.2) is 0 Å². The van der Waals surface area contributed by atoms with Crippen molar-refractivity contribution in [2.75, 3.05) is 11.4 Å². The van der Waals surface area contributed by atoms with Crippen LogP contribution in [0, 0.1) is 0 Å². The first-order valence-corrected chi connectivity index (χ1v) is 6.64. The molecule has 0 aliphatic heterocycles. The molecule has 2 nitrogen and oxygen atoms in total. The highest BCUT2D eigenvalue weighted by Crippen LogP contribution is 2.29. The fraction of sp³-hybridized carbons (Fsp3) is 0.188. The van der Waals surface area contributed by atoms with Crippen molar-refractivity contribution in [2.45, 2.75) is 13.8 Å². The van der Waals surface area contributed by atoms with Gasteiger partial charge in [-0.1, -0.05) is 29.8 Å². The number of benzene rings is 2. The molecule has 0 radical (unpaired) electrons. The van der Waals surface area contributed by atoms with Gasteiger partial charge in [0.25, 0.3) is 0 Å². The number of hydrogen-bond acceptors (Lipinski definition) is 2. The van der Waals surface area contributed by atoms with E-state index in [9.17, 15) is 4.79 Å². The number of Topliss-reactive ketones (excluding diaryl/α,β-unsaturated/α-hetero) is 1. The highest BCUT2D eigenvalue weighted by molar-refractivity contribution is 6.34. The lowest BCUT2D eigenvalue weighted by Gasteiger charge is -2.23. The number of rotatable bonds is 4. The second-order valence-corrected chi connectivity index (χ2v) is 4.71. The van der Waals surface area contributed by atoms with Crippen LogP contribution >= 0.6 is 11.6 Å². The van der Waals surface area contributed by atoms with Crippen LogP contribution in [-0.2, 0) is 0 Å². The fourth-order valence-electron chi connectivity index (χ4n) is 2.08. The maximum Gasteiger partial charge on any atom is 0.161 e. The minimum absolute atomic E-state index is 0.0145. The second-order valence-electron chi connectivity index (χ2n) is 4.30. The van der Waals surface area contributed by atoms with Crippen molar-refractivity contribution < 1.29 is 4.79 Å². The highest BCUT2D eigenvalue weighted by Gasteiger charge is 2.11. The van der Waals surface area contributed by atoms with Crippen LogP contribution in [0.2, 0.25) is 5.02 Å². The number of carbonyl (C=O) groups excluding carboxylic acids is 1. The fourth-order valence-corrected chi connectivity index (χ4v) is 2.39. The molecule has 0 amide bonds. The maximum absolute atomic E-state index is 11.4. The molecule has 0 N–H and O–H groups in total. The van der Waals surface area contributed by atoms with Gasteiger partial charge in [-0.15, -0.1) is 0 Å². The van der Waals surface area contributed by atoms with Gasteiger partial charge in [-0.3, -0.25) is 4.79 Å². The zero-order chi connectivity index (χ0) is 13.8. The van der Waals surface area contributed by atoms with Crippen molar-refractivity contribution in [3.05, 3.63) is 59.1 Å². The van der Waals surface area contributed by atoms with Crippen molar-refractivity contribution in [2.24, 2.45) is 0 Å². The molecule has 0 heterocycles. The Kier molecular flexibility index (Phi) is 4.23. The van der Waals surface area contributed by atoms with Gasteiger partial charge < -0.3 is 4.90 Å². The molecule has 2 rings (SSSR count). The molecule has 2 aromatic rings. The maximum atomic E-state index is 11.4. The minimum atomic E-state index is -0.0145. The van der Waals surface area contributed by atoms with Crippen molar-refractivity contribution in [3.8, 4) is 0 Å². The van der Waals surface area contributed by atoms with E-state index in [0.717, 1.165) is 17.9 Å². The lowest BCUT2D eigenvalue weighted by atomic mass is 10.1. The summed E-state index contributed by atoms with van der Waals surface area (Å²) in [6.45, 7) is 4.44. The molecule has 0 fully saturated rings. The number of ketones is 1. The summed E-state index contributed by atoms with van der Waals surface area (Å²) in [5.74, 6) is -0.0145. The Hall–Kier alpha value is -1.80. The minimum Gasteiger partial charge on any atom is -0.342 e. The third-order valence-electron chi connectivity index (χ3n) is 3.03. The van der Waals surface area contributed by atoms with Crippen molar-refractivity contribution in [1.82, 2.24) is 0 Å². The lowest BCUT2D eigenvalue weighted by Crippen LogP contribution is -2.16. The molecule has 0 aliphatic rings. The Morgan fingerprint density at radius 2 is 1.79 bits per heavy atom. The van der Waals surface area contributed by atoms with E-state index in [-0.39, 0.29) is 5.78 Å². The van der Waals surface area contributed by atoms with Crippen LogP contribution in [-0.4, -0.2) is 12.3 Å². The number of carbonyl (C=O) groups is 1. The van der Waals surface area contributed by atoms with Crippen molar-refractivity contribution in [3.63, 3.8) is 0 Å². The molecule has 0 spiro atoms. The molecule has 98 valence electrons. The average molecular weight is 274 g/mol. The zero-order valence-electron chi connectivity index (χ0n) is 11.1. The Balaban J connectivity index is 2.40. The molecule has 0 aromatic heterocycles. The van der Waals surface area contributed by atoms with Gasteiger partial charge in [0.15, 0.2) is 5.78 Å². The van der Waals surface area contributed by atoms with Crippen LogP contribution in [0.3, 0.4) is 0 Å². The molecule has 0 unspecified atom stereocenters. The highest BCUT2D eigenvalue weighted by atomic mass is 35.5. The molecule has 0 aliphatic carbocycles.